The highest BCUT2D eigenvalue weighted by molar-refractivity contribution is 5.97. The fourth-order valence-electron chi connectivity index (χ4n) is 3.51. The van der Waals surface area contributed by atoms with Gasteiger partial charge in [-0.05, 0) is 30.7 Å². The average molecular weight is 429 g/mol. The van der Waals surface area contributed by atoms with E-state index in [4.69, 9.17) is 15.2 Å². The van der Waals surface area contributed by atoms with Crippen molar-refractivity contribution >= 4 is 11.6 Å². The number of morpholine rings is 1. The predicted molar refractivity (Wildman–Crippen MR) is 120 cm³/mol. The lowest BCUT2D eigenvalue weighted by Gasteiger charge is -2.28. The van der Waals surface area contributed by atoms with Gasteiger partial charge in [-0.1, -0.05) is 24.3 Å². The minimum absolute atomic E-state index is 0.0386. The highest BCUT2D eigenvalue weighted by atomic mass is 16.5. The Balaban J connectivity index is 1.68. The number of hydrogen-bond donors (Lipinski definition) is 1. The van der Waals surface area contributed by atoms with Gasteiger partial charge in [0.1, 0.15) is 17.4 Å². The Morgan fingerprint density at radius 3 is 2.59 bits per heavy atom. The second kappa shape index (κ2) is 9.56. The highest BCUT2D eigenvalue weighted by Crippen LogP contribution is 2.34. The van der Waals surface area contributed by atoms with Gasteiger partial charge in [0, 0.05) is 30.3 Å². The third-order valence-electron chi connectivity index (χ3n) is 5.16. The largest absolute Gasteiger partial charge is 0.438 e. The number of carbonyl (C=O) groups is 1. The first kappa shape index (κ1) is 21.4. The Labute approximate surface area is 186 Å². The molecule has 32 heavy (non-hydrogen) atoms. The van der Waals surface area contributed by atoms with Crippen LogP contribution in [-0.2, 0) is 4.74 Å². The number of nitrogens with two attached hydrogens (primary N) is 1. The Kier molecular flexibility index (Phi) is 6.40. The van der Waals surface area contributed by atoms with Gasteiger partial charge in [-0.2, -0.15) is 10.2 Å². The number of Topliss-reactive ketones (excluding diaryl/α,β-unsaturated/α-hetero) is 1. The molecule has 1 aromatic heterocycles. The molecule has 0 unspecified atom stereocenters. The van der Waals surface area contributed by atoms with E-state index in [9.17, 15) is 10.1 Å². The first-order chi connectivity index (χ1) is 15.6. The molecule has 2 aromatic carbocycles. The van der Waals surface area contributed by atoms with E-state index in [1.54, 1.807) is 30.3 Å². The van der Waals surface area contributed by atoms with Crippen LogP contribution in [0.15, 0.2) is 48.5 Å². The summed E-state index contributed by atoms with van der Waals surface area (Å²) in [5, 5.41) is 9.37. The number of aromatic nitrogens is 2. The maximum Gasteiger partial charge on any atom is 0.224 e. The molecule has 0 spiro atoms. The summed E-state index contributed by atoms with van der Waals surface area (Å²) in [6.07, 6.45) is 0. The summed E-state index contributed by atoms with van der Waals surface area (Å²) in [6.45, 7) is 4.57. The Morgan fingerprint density at radius 2 is 1.91 bits per heavy atom. The molecule has 0 bridgehead atoms. The molecular formula is C24H23N5O3. The molecule has 1 aliphatic rings. The van der Waals surface area contributed by atoms with E-state index in [0.29, 0.717) is 41.8 Å². The first-order valence-corrected chi connectivity index (χ1v) is 10.3. The number of aryl methyl sites for hydroxylation is 1. The molecule has 162 valence electrons. The summed E-state index contributed by atoms with van der Waals surface area (Å²) >= 11 is 0. The lowest BCUT2D eigenvalue weighted by atomic mass is 10.0. The summed E-state index contributed by atoms with van der Waals surface area (Å²) < 4.78 is 11.6. The van der Waals surface area contributed by atoms with Gasteiger partial charge in [-0.3, -0.25) is 4.79 Å². The summed E-state index contributed by atoms with van der Waals surface area (Å²) in [5.41, 5.74) is 8.09. The van der Waals surface area contributed by atoms with Crippen LogP contribution in [-0.4, -0.2) is 48.6 Å². The number of ether oxygens (including phenoxy) is 2. The summed E-state index contributed by atoms with van der Waals surface area (Å²) in [4.78, 5) is 22.9. The quantitative estimate of drug-likeness (QED) is 0.595. The number of nitriles is 1. The zero-order valence-electron chi connectivity index (χ0n) is 17.7. The summed E-state index contributed by atoms with van der Waals surface area (Å²) in [5.74, 6) is 2.13. The van der Waals surface area contributed by atoms with Crippen molar-refractivity contribution in [2.75, 3.05) is 37.7 Å². The number of rotatable bonds is 6. The van der Waals surface area contributed by atoms with E-state index < -0.39 is 0 Å². The van der Waals surface area contributed by atoms with Gasteiger partial charge in [0.25, 0.3) is 0 Å². The molecule has 0 aliphatic carbocycles. The molecule has 2 heterocycles. The molecule has 1 saturated heterocycles. The second-order valence-corrected chi connectivity index (χ2v) is 7.34. The fraction of sp³-hybridized carbons (Fsp3) is 0.250. The van der Waals surface area contributed by atoms with Crippen molar-refractivity contribution in [3.8, 4) is 28.8 Å². The van der Waals surface area contributed by atoms with E-state index in [-0.39, 0.29) is 12.3 Å². The fourth-order valence-corrected chi connectivity index (χ4v) is 3.51. The molecule has 0 amide bonds. The van der Waals surface area contributed by atoms with Crippen LogP contribution in [0.1, 0.15) is 21.7 Å². The van der Waals surface area contributed by atoms with E-state index in [1.165, 1.54) is 0 Å². The lowest BCUT2D eigenvalue weighted by Crippen LogP contribution is -2.36. The van der Waals surface area contributed by atoms with E-state index in [1.807, 2.05) is 25.1 Å². The third kappa shape index (κ3) is 4.75. The molecule has 0 radical (unpaired) electrons. The van der Waals surface area contributed by atoms with Crippen LogP contribution in [0.2, 0.25) is 0 Å². The molecule has 0 atom stereocenters. The van der Waals surface area contributed by atoms with E-state index in [0.717, 1.165) is 30.0 Å². The number of nitrogens with zero attached hydrogens (tertiary/aromatic N) is 4. The van der Waals surface area contributed by atoms with Crippen LogP contribution in [0.4, 0.5) is 5.82 Å². The van der Waals surface area contributed by atoms with Gasteiger partial charge in [-0.15, -0.1) is 0 Å². The zero-order valence-corrected chi connectivity index (χ0v) is 17.7. The van der Waals surface area contributed by atoms with Crippen LogP contribution in [0.5, 0.6) is 11.6 Å². The smallest absolute Gasteiger partial charge is 0.224 e. The van der Waals surface area contributed by atoms with Crippen LogP contribution < -0.4 is 15.4 Å². The van der Waals surface area contributed by atoms with Crippen LogP contribution in [0.25, 0.3) is 11.1 Å². The number of benzene rings is 2. The van der Waals surface area contributed by atoms with Gasteiger partial charge in [0.15, 0.2) is 5.78 Å². The number of anilines is 1. The van der Waals surface area contributed by atoms with Crippen LogP contribution in [0, 0.1) is 18.3 Å². The maximum atomic E-state index is 11.8. The SMILES string of the molecule is Cc1nc(Oc2cc(C#N)ccc2-c2ccc(C(=O)CN)cc2)cc(N2CCOCC2)n1. The number of carbonyl (C=O) groups excluding carboxylic acids is 1. The molecule has 0 saturated carbocycles. The van der Waals surface area contributed by atoms with E-state index in [2.05, 4.69) is 20.9 Å². The van der Waals surface area contributed by atoms with Gasteiger partial charge in [0.2, 0.25) is 5.88 Å². The Hall–Kier alpha value is -3.80. The highest BCUT2D eigenvalue weighted by Gasteiger charge is 2.16. The standard InChI is InChI=1S/C24H23N5O3/c1-16-27-23(29-8-10-31-11-9-29)13-24(28-16)32-22-12-17(14-25)2-7-20(22)18-3-5-19(6-4-18)21(30)15-26/h2-7,12-13H,8-11,15,26H2,1H3. The monoisotopic (exact) mass is 429 g/mol. The van der Waals surface area contributed by atoms with Crippen molar-refractivity contribution in [2.24, 2.45) is 5.73 Å². The topological polar surface area (TPSA) is 114 Å². The average Bonchev–Trinajstić information content (AvgIpc) is 2.84. The zero-order chi connectivity index (χ0) is 22.5. The van der Waals surface area contributed by atoms with Crippen molar-refractivity contribution in [3.05, 3.63) is 65.5 Å². The number of hydrogen-bond acceptors (Lipinski definition) is 8. The minimum Gasteiger partial charge on any atom is -0.438 e. The Morgan fingerprint density at radius 1 is 1.16 bits per heavy atom. The van der Waals surface area contributed by atoms with Gasteiger partial charge in [-0.25, -0.2) is 4.98 Å². The molecule has 3 aromatic rings. The van der Waals surface area contributed by atoms with Gasteiger partial charge < -0.3 is 20.1 Å². The molecule has 8 heteroatoms. The molecule has 1 fully saturated rings. The van der Waals surface area contributed by atoms with Crippen molar-refractivity contribution in [1.82, 2.24) is 9.97 Å². The summed E-state index contributed by atoms with van der Waals surface area (Å²) in [7, 11) is 0. The van der Waals surface area contributed by atoms with Gasteiger partial charge in [0.05, 0.1) is 31.4 Å². The van der Waals surface area contributed by atoms with Crippen molar-refractivity contribution in [2.45, 2.75) is 6.92 Å². The molecule has 2 N–H and O–H groups in total. The maximum absolute atomic E-state index is 11.8. The summed E-state index contributed by atoms with van der Waals surface area (Å²) in [6, 6.07) is 16.3. The minimum atomic E-state index is -0.125. The number of ketones is 1. The molecule has 4 rings (SSSR count). The van der Waals surface area contributed by atoms with Crippen molar-refractivity contribution in [3.63, 3.8) is 0 Å². The second-order valence-electron chi connectivity index (χ2n) is 7.34. The molecule has 1 aliphatic heterocycles. The molecular weight excluding hydrogens is 406 g/mol. The van der Waals surface area contributed by atoms with E-state index >= 15 is 0 Å². The first-order valence-electron chi connectivity index (χ1n) is 10.3. The van der Waals surface area contributed by atoms with Crippen molar-refractivity contribution in [1.29, 1.82) is 5.26 Å². The third-order valence-corrected chi connectivity index (χ3v) is 5.16. The van der Waals surface area contributed by atoms with Crippen LogP contribution in [0.3, 0.4) is 0 Å². The van der Waals surface area contributed by atoms with Crippen LogP contribution >= 0.6 is 0 Å². The normalized spacial score (nSPS) is 13.5. The predicted octanol–water partition coefficient (Wildman–Crippen LogP) is 3.09. The Bertz CT molecular complexity index is 1170. The molecule has 8 nitrogen and oxygen atoms in total. The van der Waals surface area contributed by atoms with Gasteiger partial charge >= 0.3 is 0 Å². The lowest BCUT2D eigenvalue weighted by molar-refractivity contribution is 0.100. The van der Waals surface area contributed by atoms with Crippen molar-refractivity contribution < 1.29 is 14.3 Å².